The number of halogens is 1. The zero-order chi connectivity index (χ0) is 15.9. The van der Waals surface area contributed by atoms with Crippen molar-refractivity contribution in [1.29, 1.82) is 0 Å². The third-order valence-corrected chi connectivity index (χ3v) is 3.02. The summed E-state index contributed by atoms with van der Waals surface area (Å²) in [6.07, 6.45) is 3.95. The summed E-state index contributed by atoms with van der Waals surface area (Å²) in [6.45, 7) is 5.08. The van der Waals surface area contributed by atoms with E-state index in [-0.39, 0.29) is 11.7 Å². The first kappa shape index (κ1) is 15.9. The molecule has 0 spiro atoms. The lowest BCUT2D eigenvalue weighted by atomic mass is 10.1. The van der Waals surface area contributed by atoms with Gasteiger partial charge in [-0.15, -0.1) is 0 Å². The van der Waals surface area contributed by atoms with Gasteiger partial charge in [0, 0.05) is 24.6 Å². The largest absolute Gasteiger partial charge is 0.354 e. The summed E-state index contributed by atoms with van der Waals surface area (Å²) < 4.78 is 12.8. The Kier molecular flexibility index (Phi) is 5.41. The van der Waals surface area contributed by atoms with E-state index < -0.39 is 0 Å². The van der Waals surface area contributed by atoms with Crippen molar-refractivity contribution < 1.29 is 9.18 Å². The van der Waals surface area contributed by atoms with Crippen molar-refractivity contribution in [3.63, 3.8) is 0 Å². The number of nitrogens with zero attached hydrogens (tertiary/aromatic N) is 2. The first-order chi connectivity index (χ1) is 10.5. The van der Waals surface area contributed by atoms with Crippen LogP contribution in [0.15, 0.2) is 36.7 Å². The molecular weight excluding hydrogens is 283 g/mol. The zero-order valence-corrected chi connectivity index (χ0v) is 12.6. The van der Waals surface area contributed by atoms with Gasteiger partial charge in [-0.1, -0.05) is 13.8 Å². The van der Waals surface area contributed by atoms with Crippen molar-refractivity contribution in [2.45, 2.75) is 20.3 Å². The Balaban J connectivity index is 1.91. The fourth-order valence-electron chi connectivity index (χ4n) is 1.75. The number of rotatable bonds is 6. The standard InChI is InChI=1S/C16H19FN4O/c1-11(2)7-8-18-16-19-9-12(10-20-16)15(22)21-14-5-3-13(17)4-6-14/h3-6,9-11H,7-8H2,1-2H3,(H,21,22)(H,18,19,20). The van der Waals surface area contributed by atoms with Crippen molar-refractivity contribution in [3.8, 4) is 0 Å². The molecule has 0 atom stereocenters. The third kappa shape index (κ3) is 4.80. The van der Waals surface area contributed by atoms with E-state index in [1.54, 1.807) is 0 Å². The molecule has 1 aromatic carbocycles. The highest BCUT2D eigenvalue weighted by atomic mass is 19.1. The van der Waals surface area contributed by atoms with Crippen LogP contribution in [0.3, 0.4) is 0 Å². The Morgan fingerprint density at radius 3 is 2.41 bits per heavy atom. The molecule has 0 unspecified atom stereocenters. The zero-order valence-electron chi connectivity index (χ0n) is 12.6. The Bertz CT molecular complexity index is 611. The van der Waals surface area contributed by atoms with Crippen LogP contribution in [0, 0.1) is 11.7 Å². The molecule has 5 nitrogen and oxygen atoms in total. The molecule has 0 aliphatic rings. The fraction of sp³-hybridized carbons (Fsp3) is 0.312. The highest BCUT2D eigenvalue weighted by Gasteiger charge is 2.08. The van der Waals surface area contributed by atoms with Gasteiger partial charge in [-0.2, -0.15) is 0 Å². The summed E-state index contributed by atoms with van der Waals surface area (Å²) in [5.41, 5.74) is 0.865. The molecule has 1 heterocycles. The van der Waals surface area contributed by atoms with Gasteiger partial charge in [-0.25, -0.2) is 14.4 Å². The Hall–Kier alpha value is -2.50. The average molecular weight is 302 g/mol. The lowest BCUT2D eigenvalue weighted by Crippen LogP contribution is -2.14. The molecule has 0 saturated carbocycles. The molecule has 2 rings (SSSR count). The van der Waals surface area contributed by atoms with E-state index in [4.69, 9.17) is 0 Å². The number of amides is 1. The number of aromatic nitrogens is 2. The summed E-state index contributed by atoms with van der Waals surface area (Å²) in [4.78, 5) is 20.2. The van der Waals surface area contributed by atoms with Crippen molar-refractivity contribution in [2.24, 2.45) is 5.92 Å². The Labute approximate surface area is 129 Å². The Morgan fingerprint density at radius 1 is 1.18 bits per heavy atom. The van der Waals surface area contributed by atoms with Gasteiger partial charge in [0.2, 0.25) is 5.95 Å². The van der Waals surface area contributed by atoms with Crippen LogP contribution >= 0.6 is 0 Å². The highest BCUT2D eigenvalue weighted by molar-refractivity contribution is 6.03. The van der Waals surface area contributed by atoms with Crippen LogP contribution in [0.2, 0.25) is 0 Å². The van der Waals surface area contributed by atoms with E-state index in [2.05, 4.69) is 34.4 Å². The van der Waals surface area contributed by atoms with E-state index in [1.165, 1.54) is 36.7 Å². The number of hydrogen-bond acceptors (Lipinski definition) is 4. The van der Waals surface area contributed by atoms with Crippen molar-refractivity contribution >= 4 is 17.5 Å². The van der Waals surface area contributed by atoms with Gasteiger partial charge >= 0.3 is 0 Å². The number of carbonyl (C=O) groups is 1. The molecule has 2 aromatic rings. The normalized spacial score (nSPS) is 10.5. The molecule has 1 aromatic heterocycles. The number of nitrogens with one attached hydrogen (secondary N) is 2. The number of benzene rings is 1. The molecule has 0 radical (unpaired) electrons. The lowest BCUT2D eigenvalue weighted by molar-refractivity contribution is 0.102. The summed E-state index contributed by atoms with van der Waals surface area (Å²) in [7, 11) is 0. The second kappa shape index (κ2) is 7.49. The second-order valence-electron chi connectivity index (χ2n) is 5.37. The van der Waals surface area contributed by atoms with E-state index in [0.29, 0.717) is 23.1 Å². The van der Waals surface area contributed by atoms with Gasteiger partial charge in [0.15, 0.2) is 0 Å². The molecule has 0 saturated heterocycles. The summed E-state index contributed by atoms with van der Waals surface area (Å²) in [6, 6.07) is 5.56. The molecule has 2 N–H and O–H groups in total. The molecular formula is C16H19FN4O. The molecule has 1 amide bonds. The molecule has 0 fully saturated rings. The molecule has 0 aliphatic heterocycles. The van der Waals surface area contributed by atoms with Crippen LogP contribution < -0.4 is 10.6 Å². The fourth-order valence-corrected chi connectivity index (χ4v) is 1.75. The van der Waals surface area contributed by atoms with Crippen LogP contribution in [0.25, 0.3) is 0 Å². The lowest BCUT2D eigenvalue weighted by Gasteiger charge is -2.08. The maximum atomic E-state index is 12.8. The molecule has 0 bridgehead atoms. The quantitative estimate of drug-likeness (QED) is 0.859. The van der Waals surface area contributed by atoms with Gasteiger partial charge in [0.25, 0.3) is 5.91 Å². The van der Waals surface area contributed by atoms with Crippen LogP contribution in [-0.4, -0.2) is 22.4 Å². The minimum atomic E-state index is -0.349. The van der Waals surface area contributed by atoms with E-state index in [0.717, 1.165) is 13.0 Å². The Morgan fingerprint density at radius 2 is 1.82 bits per heavy atom. The van der Waals surface area contributed by atoms with Gasteiger partial charge in [0.1, 0.15) is 5.82 Å². The SMILES string of the molecule is CC(C)CCNc1ncc(C(=O)Nc2ccc(F)cc2)cn1. The minimum Gasteiger partial charge on any atom is -0.354 e. The summed E-state index contributed by atoms with van der Waals surface area (Å²) in [5.74, 6) is 0.422. The van der Waals surface area contributed by atoms with Crippen molar-refractivity contribution in [2.75, 3.05) is 17.2 Å². The predicted molar refractivity (Wildman–Crippen MR) is 84.3 cm³/mol. The number of hydrogen-bond donors (Lipinski definition) is 2. The van der Waals surface area contributed by atoms with E-state index in [1.807, 2.05) is 0 Å². The van der Waals surface area contributed by atoms with Crippen LogP contribution in [0.4, 0.5) is 16.0 Å². The van der Waals surface area contributed by atoms with Crippen LogP contribution in [0.5, 0.6) is 0 Å². The predicted octanol–water partition coefficient (Wildman–Crippen LogP) is 3.33. The molecule has 6 heteroatoms. The number of carbonyl (C=O) groups excluding carboxylic acids is 1. The van der Waals surface area contributed by atoms with Crippen molar-refractivity contribution in [1.82, 2.24) is 9.97 Å². The molecule has 22 heavy (non-hydrogen) atoms. The van der Waals surface area contributed by atoms with E-state index >= 15 is 0 Å². The summed E-state index contributed by atoms with van der Waals surface area (Å²) in [5, 5.41) is 5.76. The third-order valence-electron chi connectivity index (χ3n) is 3.02. The second-order valence-corrected chi connectivity index (χ2v) is 5.37. The van der Waals surface area contributed by atoms with Crippen LogP contribution in [0.1, 0.15) is 30.6 Å². The monoisotopic (exact) mass is 302 g/mol. The topological polar surface area (TPSA) is 66.9 Å². The van der Waals surface area contributed by atoms with Gasteiger partial charge in [0.05, 0.1) is 5.56 Å². The van der Waals surface area contributed by atoms with Crippen molar-refractivity contribution in [3.05, 3.63) is 48.0 Å². The minimum absolute atomic E-state index is 0.333. The average Bonchev–Trinajstić information content (AvgIpc) is 2.50. The first-order valence-electron chi connectivity index (χ1n) is 7.17. The molecule has 0 aliphatic carbocycles. The molecule has 116 valence electrons. The number of anilines is 2. The van der Waals surface area contributed by atoms with E-state index in [9.17, 15) is 9.18 Å². The van der Waals surface area contributed by atoms with Gasteiger partial charge < -0.3 is 10.6 Å². The first-order valence-corrected chi connectivity index (χ1v) is 7.17. The van der Waals surface area contributed by atoms with Gasteiger partial charge in [-0.3, -0.25) is 4.79 Å². The van der Waals surface area contributed by atoms with Gasteiger partial charge in [-0.05, 0) is 36.6 Å². The maximum Gasteiger partial charge on any atom is 0.258 e. The highest BCUT2D eigenvalue weighted by Crippen LogP contribution is 2.10. The van der Waals surface area contributed by atoms with Crippen LogP contribution in [-0.2, 0) is 0 Å². The maximum absolute atomic E-state index is 12.8. The summed E-state index contributed by atoms with van der Waals surface area (Å²) >= 11 is 0. The smallest absolute Gasteiger partial charge is 0.258 e.